The van der Waals surface area contributed by atoms with E-state index in [1.54, 1.807) is 19.2 Å². The molecule has 3 heterocycles. The third-order valence-corrected chi connectivity index (χ3v) is 5.65. The summed E-state index contributed by atoms with van der Waals surface area (Å²) in [4.78, 5) is 29.1. The highest BCUT2D eigenvalue weighted by molar-refractivity contribution is 6.05. The highest BCUT2D eigenvalue weighted by atomic mass is 16.5. The molecule has 1 aliphatic heterocycles. The molecule has 8 nitrogen and oxygen atoms in total. The van der Waals surface area contributed by atoms with E-state index in [-0.39, 0.29) is 17.5 Å². The molecule has 0 atom stereocenters. The molecule has 0 unspecified atom stereocenters. The Labute approximate surface area is 183 Å². The van der Waals surface area contributed by atoms with E-state index in [9.17, 15) is 9.59 Å². The van der Waals surface area contributed by atoms with Gasteiger partial charge >= 0.3 is 0 Å². The summed E-state index contributed by atoms with van der Waals surface area (Å²) >= 11 is 0. The molecule has 1 saturated heterocycles. The van der Waals surface area contributed by atoms with Gasteiger partial charge in [-0.15, -0.1) is 0 Å². The number of amides is 2. The summed E-state index contributed by atoms with van der Waals surface area (Å²) in [5.41, 5.74) is 3.41. The van der Waals surface area contributed by atoms with E-state index in [0.717, 1.165) is 56.7 Å². The van der Waals surface area contributed by atoms with E-state index in [4.69, 9.17) is 9.84 Å². The third kappa shape index (κ3) is 5.50. The number of hydrogen-bond acceptors (Lipinski definition) is 5. The fourth-order valence-corrected chi connectivity index (χ4v) is 3.86. The fourth-order valence-electron chi connectivity index (χ4n) is 3.86. The van der Waals surface area contributed by atoms with Crippen LogP contribution in [0.4, 0.5) is 5.69 Å². The first-order valence-corrected chi connectivity index (χ1v) is 11.2. The van der Waals surface area contributed by atoms with Crippen molar-refractivity contribution in [2.24, 2.45) is 5.92 Å². The van der Waals surface area contributed by atoms with Crippen LogP contribution in [0.15, 0.2) is 18.3 Å². The van der Waals surface area contributed by atoms with Gasteiger partial charge < -0.3 is 15.4 Å². The van der Waals surface area contributed by atoms with Crippen LogP contribution in [-0.2, 0) is 11.3 Å². The molecular weight excluding hydrogens is 394 g/mol. The Kier molecular flexibility index (Phi) is 7.79. The summed E-state index contributed by atoms with van der Waals surface area (Å²) < 4.78 is 7.35. The van der Waals surface area contributed by atoms with Crippen molar-refractivity contribution in [3.63, 3.8) is 0 Å². The van der Waals surface area contributed by atoms with E-state index in [1.165, 1.54) is 6.20 Å². The summed E-state index contributed by atoms with van der Waals surface area (Å²) in [6.07, 6.45) is 5.76. The molecule has 0 aromatic carbocycles. The maximum Gasteiger partial charge on any atom is 0.274 e. The summed E-state index contributed by atoms with van der Waals surface area (Å²) in [6.45, 7) is 8.24. The molecule has 0 bridgehead atoms. The lowest BCUT2D eigenvalue weighted by molar-refractivity contribution is 0.0597. The van der Waals surface area contributed by atoms with Crippen molar-refractivity contribution in [1.29, 1.82) is 0 Å². The van der Waals surface area contributed by atoms with Gasteiger partial charge in [0, 0.05) is 50.2 Å². The predicted molar refractivity (Wildman–Crippen MR) is 119 cm³/mol. The summed E-state index contributed by atoms with van der Waals surface area (Å²) in [7, 11) is 1.55. The number of pyridine rings is 1. The number of anilines is 1. The van der Waals surface area contributed by atoms with E-state index >= 15 is 0 Å². The Morgan fingerprint density at radius 2 is 1.87 bits per heavy atom. The molecule has 2 aromatic rings. The van der Waals surface area contributed by atoms with Gasteiger partial charge in [0.15, 0.2) is 0 Å². The molecule has 2 aromatic heterocycles. The molecule has 1 aliphatic carbocycles. The first kappa shape index (κ1) is 22.9. The zero-order valence-electron chi connectivity index (χ0n) is 18.9. The van der Waals surface area contributed by atoms with E-state index in [1.807, 2.05) is 25.5 Å². The average Bonchev–Trinajstić information content (AvgIpc) is 3.59. The number of nitrogens with zero attached hydrogens (tertiary/aromatic N) is 3. The van der Waals surface area contributed by atoms with Crippen molar-refractivity contribution in [2.45, 2.75) is 58.9 Å². The maximum absolute atomic E-state index is 13.2. The van der Waals surface area contributed by atoms with E-state index in [0.29, 0.717) is 23.2 Å². The Balaban J connectivity index is 0.00000132. The molecule has 168 valence electrons. The molecule has 2 N–H and O–H groups in total. The number of hydrogen-bond donors (Lipinski definition) is 2. The zero-order chi connectivity index (χ0) is 22.4. The van der Waals surface area contributed by atoms with Crippen LogP contribution in [0.1, 0.15) is 77.7 Å². The Morgan fingerprint density at radius 3 is 2.52 bits per heavy atom. The SMILES string of the molecule is CC.CNC(=O)c1cc(NC(=O)c2c(C)c(C3CC3)nn2CC2CCOCC2)ccn1. The van der Waals surface area contributed by atoms with Crippen LogP contribution in [0, 0.1) is 12.8 Å². The first-order valence-electron chi connectivity index (χ1n) is 11.2. The standard InChI is InChI=1S/C21H27N5O3.C2H6/c1-13-18(15-3-4-15)25-26(12-14-6-9-29-10-7-14)19(13)21(28)24-16-5-8-23-17(11-16)20(27)22-2;1-2/h5,8,11,14-15H,3-4,6-7,9-10,12H2,1-2H3,(H,22,27)(H,23,24,28);1-2H3. The fraction of sp³-hybridized carbons (Fsp3) is 0.565. The third-order valence-electron chi connectivity index (χ3n) is 5.65. The monoisotopic (exact) mass is 427 g/mol. The van der Waals surface area contributed by atoms with Gasteiger partial charge in [-0.2, -0.15) is 5.10 Å². The molecule has 0 spiro atoms. The van der Waals surface area contributed by atoms with Crippen LogP contribution < -0.4 is 10.6 Å². The molecule has 2 amide bonds. The lowest BCUT2D eigenvalue weighted by Crippen LogP contribution is -2.25. The summed E-state index contributed by atoms with van der Waals surface area (Å²) in [5, 5.41) is 10.3. The predicted octanol–water partition coefficient (Wildman–Crippen LogP) is 3.53. The van der Waals surface area contributed by atoms with Gasteiger partial charge in [-0.25, -0.2) is 0 Å². The lowest BCUT2D eigenvalue weighted by atomic mass is 10.0. The van der Waals surface area contributed by atoms with Crippen molar-refractivity contribution >= 4 is 17.5 Å². The summed E-state index contributed by atoms with van der Waals surface area (Å²) in [5.74, 6) is 0.432. The number of aromatic nitrogens is 3. The van der Waals surface area contributed by atoms with Crippen LogP contribution in [-0.4, -0.2) is 46.8 Å². The normalized spacial score (nSPS) is 16.3. The Morgan fingerprint density at radius 1 is 1.16 bits per heavy atom. The number of rotatable bonds is 6. The van der Waals surface area contributed by atoms with Crippen molar-refractivity contribution in [1.82, 2.24) is 20.1 Å². The maximum atomic E-state index is 13.2. The summed E-state index contributed by atoms with van der Waals surface area (Å²) in [6, 6.07) is 3.26. The van der Waals surface area contributed by atoms with Gasteiger partial charge in [0.05, 0.1) is 5.69 Å². The van der Waals surface area contributed by atoms with Gasteiger partial charge in [-0.1, -0.05) is 13.8 Å². The zero-order valence-corrected chi connectivity index (χ0v) is 18.9. The highest BCUT2D eigenvalue weighted by Gasteiger charge is 2.32. The van der Waals surface area contributed by atoms with Gasteiger partial charge in [-0.05, 0) is 50.7 Å². The van der Waals surface area contributed by atoms with Crippen LogP contribution >= 0.6 is 0 Å². The van der Waals surface area contributed by atoms with E-state index in [2.05, 4.69) is 15.6 Å². The van der Waals surface area contributed by atoms with Crippen LogP contribution in [0.5, 0.6) is 0 Å². The minimum atomic E-state index is -0.294. The van der Waals surface area contributed by atoms with Crippen LogP contribution in [0.3, 0.4) is 0 Å². The molecule has 2 aliphatic rings. The van der Waals surface area contributed by atoms with Crippen molar-refractivity contribution in [2.75, 3.05) is 25.6 Å². The Hall–Kier alpha value is -2.74. The van der Waals surface area contributed by atoms with Gasteiger partial charge in [0.1, 0.15) is 11.4 Å². The molecule has 1 saturated carbocycles. The minimum absolute atomic E-state index is 0.206. The largest absolute Gasteiger partial charge is 0.381 e. The quantitative estimate of drug-likeness (QED) is 0.735. The second-order valence-electron chi connectivity index (χ2n) is 7.83. The molecule has 0 radical (unpaired) electrons. The van der Waals surface area contributed by atoms with Gasteiger partial charge in [0.2, 0.25) is 0 Å². The van der Waals surface area contributed by atoms with Crippen LogP contribution in [0.25, 0.3) is 0 Å². The lowest BCUT2D eigenvalue weighted by Gasteiger charge is -2.22. The second-order valence-corrected chi connectivity index (χ2v) is 7.83. The highest BCUT2D eigenvalue weighted by Crippen LogP contribution is 2.41. The van der Waals surface area contributed by atoms with Crippen molar-refractivity contribution in [3.8, 4) is 0 Å². The molecule has 8 heteroatoms. The smallest absolute Gasteiger partial charge is 0.274 e. The molecule has 2 fully saturated rings. The number of nitrogens with one attached hydrogen (secondary N) is 2. The van der Waals surface area contributed by atoms with Crippen LogP contribution in [0.2, 0.25) is 0 Å². The number of carbonyl (C=O) groups excluding carboxylic acids is 2. The van der Waals surface area contributed by atoms with Gasteiger partial charge in [0.25, 0.3) is 11.8 Å². The molecule has 31 heavy (non-hydrogen) atoms. The van der Waals surface area contributed by atoms with Crippen molar-refractivity contribution < 1.29 is 14.3 Å². The first-order chi connectivity index (χ1) is 15.1. The second kappa shape index (κ2) is 10.5. The molecule has 4 rings (SSSR count). The average molecular weight is 428 g/mol. The topological polar surface area (TPSA) is 98.1 Å². The van der Waals surface area contributed by atoms with Crippen molar-refractivity contribution in [3.05, 3.63) is 41.0 Å². The minimum Gasteiger partial charge on any atom is -0.381 e. The number of carbonyl (C=O) groups is 2. The van der Waals surface area contributed by atoms with Gasteiger partial charge in [-0.3, -0.25) is 19.3 Å². The molecular formula is C23H33N5O3. The van der Waals surface area contributed by atoms with E-state index < -0.39 is 0 Å². The Bertz CT molecular complexity index is 914. The number of ether oxygens (including phenoxy) is 1.